The molecular weight excluding hydrogens is 342 g/mol. The molecule has 5 heteroatoms. The molecule has 0 aliphatic rings. The van der Waals surface area contributed by atoms with Crippen molar-refractivity contribution < 1.29 is 4.42 Å². The molecule has 0 amide bonds. The van der Waals surface area contributed by atoms with Gasteiger partial charge in [-0.3, -0.25) is 0 Å². The zero-order valence-electron chi connectivity index (χ0n) is 12.4. The van der Waals surface area contributed by atoms with Gasteiger partial charge in [-0.15, -0.1) is 10.2 Å². The van der Waals surface area contributed by atoms with Crippen LogP contribution in [0.3, 0.4) is 0 Å². The number of nitrogens with one attached hydrogen (secondary N) is 1. The maximum atomic E-state index is 5.69. The van der Waals surface area contributed by atoms with Crippen LogP contribution < -0.4 is 5.32 Å². The standard InChI is InChI=1S/C17H16BrN3O/c1-11-3-6-13(7-4-11)17-21-20-16(22-17)10-19-14-8-5-12(2)15(18)9-14/h3-9,19H,10H2,1-2H3. The van der Waals surface area contributed by atoms with Crippen molar-refractivity contribution in [3.8, 4) is 11.5 Å². The number of benzene rings is 2. The predicted octanol–water partition coefficient (Wildman–Crippen LogP) is 4.73. The maximum Gasteiger partial charge on any atom is 0.247 e. The fourth-order valence-corrected chi connectivity index (χ4v) is 2.40. The number of hydrogen-bond acceptors (Lipinski definition) is 4. The Morgan fingerprint density at radius 3 is 2.55 bits per heavy atom. The van der Waals surface area contributed by atoms with Crippen molar-refractivity contribution in [1.29, 1.82) is 0 Å². The minimum absolute atomic E-state index is 0.494. The Balaban J connectivity index is 1.69. The molecular formula is C17H16BrN3O. The molecule has 22 heavy (non-hydrogen) atoms. The van der Waals surface area contributed by atoms with Gasteiger partial charge in [0.15, 0.2) is 0 Å². The lowest BCUT2D eigenvalue weighted by molar-refractivity contribution is 0.515. The Morgan fingerprint density at radius 1 is 1.05 bits per heavy atom. The van der Waals surface area contributed by atoms with Crippen LogP contribution in [0.15, 0.2) is 51.4 Å². The lowest BCUT2D eigenvalue weighted by Crippen LogP contribution is -1.99. The van der Waals surface area contributed by atoms with E-state index < -0.39 is 0 Å². The summed E-state index contributed by atoms with van der Waals surface area (Å²) in [4.78, 5) is 0. The fourth-order valence-electron chi connectivity index (χ4n) is 2.02. The molecule has 0 spiro atoms. The number of halogens is 1. The molecule has 3 rings (SSSR count). The summed E-state index contributed by atoms with van der Waals surface area (Å²) < 4.78 is 6.76. The quantitative estimate of drug-likeness (QED) is 0.733. The third-order valence-electron chi connectivity index (χ3n) is 3.38. The average Bonchev–Trinajstić information content (AvgIpc) is 2.98. The minimum Gasteiger partial charge on any atom is -0.419 e. The second kappa shape index (κ2) is 6.32. The van der Waals surface area contributed by atoms with Gasteiger partial charge in [-0.25, -0.2) is 0 Å². The molecule has 2 aromatic carbocycles. The van der Waals surface area contributed by atoms with E-state index in [9.17, 15) is 0 Å². The van der Waals surface area contributed by atoms with Crippen LogP contribution in [0.1, 0.15) is 17.0 Å². The van der Waals surface area contributed by atoms with Crippen LogP contribution in [-0.2, 0) is 6.54 Å². The van der Waals surface area contributed by atoms with Gasteiger partial charge >= 0.3 is 0 Å². The Bertz CT molecular complexity index is 781. The fraction of sp³-hybridized carbons (Fsp3) is 0.176. The zero-order valence-corrected chi connectivity index (χ0v) is 14.0. The summed E-state index contributed by atoms with van der Waals surface area (Å²) in [5.41, 5.74) is 4.34. The summed E-state index contributed by atoms with van der Waals surface area (Å²) in [6.45, 7) is 4.60. The van der Waals surface area contributed by atoms with E-state index in [1.807, 2.05) is 43.3 Å². The number of aromatic nitrogens is 2. The topological polar surface area (TPSA) is 51.0 Å². The van der Waals surface area contributed by atoms with E-state index in [1.165, 1.54) is 11.1 Å². The number of aryl methyl sites for hydroxylation is 2. The molecule has 0 unspecified atom stereocenters. The molecule has 1 N–H and O–H groups in total. The van der Waals surface area contributed by atoms with Gasteiger partial charge in [-0.05, 0) is 43.7 Å². The Hall–Kier alpha value is -2.14. The largest absolute Gasteiger partial charge is 0.419 e. The van der Waals surface area contributed by atoms with Gasteiger partial charge in [0.2, 0.25) is 11.8 Å². The lowest BCUT2D eigenvalue weighted by Gasteiger charge is -2.05. The van der Waals surface area contributed by atoms with Crippen LogP contribution in [-0.4, -0.2) is 10.2 Å². The van der Waals surface area contributed by atoms with Gasteiger partial charge < -0.3 is 9.73 Å². The van der Waals surface area contributed by atoms with Crippen LogP contribution >= 0.6 is 15.9 Å². The van der Waals surface area contributed by atoms with Gasteiger partial charge in [0.05, 0.1) is 6.54 Å². The van der Waals surface area contributed by atoms with E-state index in [0.29, 0.717) is 18.3 Å². The highest BCUT2D eigenvalue weighted by molar-refractivity contribution is 9.10. The van der Waals surface area contributed by atoms with Gasteiger partial charge in [0, 0.05) is 15.7 Å². The Kier molecular flexibility index (Phi) is 4.24. The molecule has 0 radical (unpaired) electrons. The molecule has 0 saturated heterocycles. The highest BCUT2D eigenvalue weighted by atomic mass is 79.9. The van der Waals surface area contributed by atoms with Crippen molar-refractivity contribution >= 4 is 21.6 Å². The SMILES string of the molecule is Cc1ccc(-c2nnc(CNc3ccc(C)c(Br)c3)o2)cc1. The van der Waals surface area contributed by atoms with Crippen molar-refractivity contribution in [2.75, 3.05) is 5.32 Å². The first-order valence-electron chi connectivity index (χ1n) is 7.01. The number of rotatable bonds is 4. The van der Waals surface area contributed by atoms with Gasteiger partial charge in [0.1, 0.15) is 0 Å². The molecule has 1 aromatic heterocycles. The normalized spacial score (nSPS) is 10.7. The number of hydrogen-bond donors (Lipinski definition) is 1. The summed E-state index contributed by atoms with van der Waals surface area (Å²) in [5.74, 6) is 1.11. The minimum atomic E-state index is 0.494. The molecule has 0 bridgehead atoms. The molecule has 0 aliphatic heterocycles. The molecule has 0 atom stereocenters. The van der Waals surface area contributed by atoms with Crippen LogP contribution in [0.2, 0.25) is 0 Å². The summed E-state index contributed by atoms with van der Waals surface area (Å²) >= 11 is 3.52. The monoisotopic (exact) mass is 357 g/mol. The first kappa shape index (κ1) is 14.8. The van der Waals surface area contributed by atoms with Crippen molar-refractivity contribution in [2.45, 2.75) is 20.4 Å². The Labute approximate surface area is 137 Å². The van der Waals surface area contributed by atoms with E-state index in [2.05, 4.69) is 44.4 Å². The van der Waals surface area contributed by atoms with Crippen molar-refractivity contribution in [2.24, 2.45) is 0 Å². The van der Waals surface area contributed by atoms with Gasteiger partial charge in [0.25, 0.3) is 0 Å². The molecule has 112 valence electrons. The molecule has 4 nitrogen and oxygen atoms in total. The smallest absolute Gasteiger partial charge is 0.247 e. The third-order valence-corrected chi connectivity index (χ3v) is 4.24. The van der Waals surface area contributed by atoms with Crippen LogP contribution in [0.25, 0.3) is 11.5 Å². The highest BCUT2D eigenvalue weighted by Crippen LogP contribution is 2.22. The van der Waals surface area contributed by atoms with E-state index in [1.54, 1.807) is 0 Å². The second-order valence-electron chi connectivity index (χ2n) is 5.18. The number of nitrogens with zero attached hydrogens (tertiary/aromatic N) is 2. The summed E-state index contributed by atoms with van der Waals surface area (Å²) in [5, 5.41) is 11.4. The van der Waals surface area contributed by atoms with Gasteiger partial charge in [-0.1, -0.05) is 39.7 Å². The summed E-state index contributed by atoms with van der Waals surface area (Å²) in [7, 11) is 0. The van der Waals surface area contributed by atoms with Gasteiger partial charge in [-0.2, -0.15) is 0 Å². The van der Waals surface area contributed by atoms with E-state index in [-0.39, 0.29) is 0 Å². The highest BCUT2D eigenvalue weighted by Gasteiger charge is 2.08. The van der Waals surface area contributed by atoms with Crippen LogP contribution in [0, 0.1) is 13.8 Å². The summed E-state index contributed by atoms with van der Waals surface area (Å²) in [6, 6.07) is 14.1. The molecule has 1 heterocycles. The van der Waals surface area contributed by atoms with Crippen LogP contribution in [0.5, 0.6) is 0 Å². The predicted molar refractivity (Wildman–Crippen MR) is 90.7 cm³/mol. The van der Waals surface area contributed by atoms with Crippen LogP contribution in [0.4, 0.5) is 5.69 Å². The molecule has 3 aromatic rings. The first-order chi connectivity index (χ1) is 10.6. The molecule has 0 fully saturated rings. The average molecular weight is 358 g/mol. The second-order valence-corrected chi connectivity index (χ2v) is 6.04. The zero-order chi connectivity index (χ0) is 15.5. The van der Waals surface area contributed by atoms with Crippen molar-refractivity contribution in [3.05, 3.63) is 64.0 Å². The van der Waals surface area contributed by atoms with E-state index in [4.69, 9.17) is 4.42 Å². The lowest BCUT2D eigenvalue weighted by atomic mass is 10.1. The molecule has 0 aliphatic carbocycles. The van der Waals surface area contributed by atoms with E-state index >= 15 is 0 Å². The van der Waals surface area contributed by atoms with E-state index in [0.717, 1.165) is 15.7 Å². The maximum absolute atomic E-state index is 5.69. The first-order valence-corrected chi connectivity index (χ1v) is 7.80. The Morgan fingerprint density at radius 2 is 1.82 bits per heavy atom. The number of anilines is 1. The van der Waals surface area contributed by atoms with Crippen molar-refractivity contribution in [3.63, 3.8) is 0 Å². The van der Waals surface area contributed by atoms with Crippen molar-refractivity contribution in [1.82, 2.24) is 10.2 Å². The summed E-state index contributed by atoms with van der Waals surface area (Å²) in [6.07, 6.45) is 0. The molecule has 0 saturated carbocycles. The third kappa shape index (κ3) is 3.36.